The van der Waals surface area contributed by atoms with Gasteiger partial charge in [0.15, 0.2) is 0 Å². The normalized spacial score (nSPS) is 9.95. The summed E-state index contributed by atoms with van der Waals surface area (Å²) in [5, 5.41) is 10.6. The van der Waals surface area contributed by atoms with Gasteiger partial charge in [-0.05, 0) is 18.2 Å². The number of nitro benzene ring substituents is 1. The van der Waals surface area contributed by atoms with E-state index in [1.807, 2.05) is 0 Å². The molecule has 0 spiro atoms. The highest BCUT2D eigenvalue weighted by Crippen LogP contribution is 2.20. The van der Waals surface area contributed by atoms with Crippen LogP contribution in [0.2, 0.25) is 0 Å². The van der Waals surface area contributed by atoms with E-state index in [0.29, 0.717) is 17.1 Å². The predicted octanol–water partition coefficient (Wildman–Crippen LogP) is 1.85. The van der Waals surface area contributed by atoms with Gasteiger partial charge in [0, 0.05) is 12.3 Å². The Morgan fingerprint density at radius 2 is 2.21 bits per heavy atom. The smallest absolute Gasteiger partial charge is 0.273 e. The first-order valence-corrected chi connectivity index (χ1v) is 5.48. The van der Waals surface area contributed by atoms with E-state index >= 15 is 0 Å². The number of nitrogens with two attached hydrogens (primary N) is 1. The zero-order valence-electron chi connectivity index (χ0n) is 9.95. The van der Waals surface area contributed by atoms with Crippen molar-refractivity contribution in [2.24, 2.45) is 5.84 Å². The Balaban J connectivity index is 2.05. The van der Waals surface area contributed by atoms with Crippen molar-refractivity contribution in [2.45, 2.75) is 6.61 Å². The molecular formula is C12H12N4O3. The van der Waals surface area contributed by atoms with Gasteiger partial charge < -0.3 is 10.2 Å². The molecule has 1 heterocycles. The second kappa shape index (κ2) is 5.78. The SMILES string of the molecule is NNc1ccnc(COc2cccc([N+](=O)[O-])c2)c1. The third-order valence-corrected chi connectivity index (χ3v) is 2.40. The zero-order chi connectivity index (χ0) is 13.7. The van der Waals surface area contributed by atoms with Crippen molar-refractivity contribution < 1.29 is 9.66 Å². The number of hydrazine groups is 1. The molecule has 7 heteroatoms. The van der Waals surface area contributed by atoms with E-state index < -0.39 is 4.92 Å². The van der Waals surface area contributed by atoms with Gasteiger partial charge in [-0.3, -0.25) is 20.9 Å². The molecule has 0 fully saturated rings. The van der Waals surface area contributed by atoms with Gasteiger partial charge in [0.25, 0.3) is 5.69 Å². The Bertz CT molecular complexity index is 589. The molecule has 3 N–H and O–H groups in total. The maximum Gasteiger partial charge on any atom is 0.273 e. The summed E-state index contributed by atoms with van der Waals surface area (Å²) in [6.07, 6.45) is 1.60. The summed E-state index contributed by atoms with van der Waals surface area (Å²) in [5.41, 5.74) is 3.88. The molecule has 1 aromatic carbocycles. The number of nitrogens with zero attached hydrogens (tertiary/aromatic N) is 2. The van der Waals surface area contributed by atoms with Gasteiger partial charge in [-0.25, -0.2) is 0 Å². The summed E-state index contributed by atoms with van der Waals surface area (Å²) in [7, 11) is 0. The van der Waals surface area contributed by atoms with Crippen molar-refractivity contribution in [3.8, 4) is 5.75 Å². The number of ether oxygens (including phenoxy) is 1. The number of pyridine rings is 1. The van der Waals surface area contributed by atoms with Crippen LogP contribution in [0.1, 0.15) is 5.69 Å². The van der Waals surface area contributed by atoms with Gasteiger partial charge in [0.05, 0.1) is 22.4 Å². The Labute approximate surface area is 109 Å². The highest BCUT2D eigenvalue weighted by molar-refractivity contribution is 5.42. The zero-order valence-corrected chi connectivity index (χ0v) is 9.95. The van der Waals surface area contributed by atoms with Crippen LogP contribution in [0.4, 0.5) is 11.4 Å². The highest BCUT2D eigenvalue weighted by Gasteiger charge is 2.06. The standard InChI is InChI=1S/C12H12N4O3/c13-15-9-4-5-14-10(6-9)8-19-12-3-1-2-11(7-12)16(17)18/h1-7H,8,13H2,(H,14,15). The van der Waals surface area contributed by atoms with Crippen molar-refractivity contribution in [2.75, 3.05) is 5.43 Å². The number of nitro groups is 1. The van der Waals surface area contributed by atoms with E-state index in [2.05, 4.69) is 10.4 Å². The lowest BCUT2D eigenvalue weighted by Gasteiger charge is -2.06. The number of nitrogens with one attached hydrogen (secondary N) is 1. The first-order chi connectivity index (χ1) is 9.19. The van der Waals surface area contributed by atoms with Crippen LogP contribution in [-0.2, 0) is 6.61 Å². The van der Waals surface area contributed by atoms with Gasteiger partial charge in [-0.15, -0.1) is 0 Å². The summed E-state index contributed by atoms with van der Waals surface area (Å²) in [6, 6.07) is 9.44. The Kier molecular flexibility index (Phi) is 3.89. The van der Waals surface area contributed by atoms with Gasteiger partial charge in [-0.1, -0.05) is 6.07 Å². The first-order valence-electron chi connectivity index (χ1n) is 5.48. The van der Waals surface area contributed by atoms with E-state index in [1.54, 1.807) is 30.5 Å². The van der Waals surface area contributed by atoms with E-state index in [4.69, 9.17) is 10.6 Å². The van der Waals surface area contributed by atoms with Crippen LogP contribution >= 0.6 is 0 Å². The molecule has 19 heavy (non-hydrogen) atoms. The van der Waals surface area contributed by atoms with Gasteiger partial charge in [-0.2, -0.15) is 0 Å². The summed E-state index contributed by atoms with van der Waals surface area (Å²) in [5.74, 6) is 5.70. The number of nitrogen functional groups attached to an aromatic ring is 1. The molecule has 0 aliphatic carbocycles. The Morgan fingerprint density at radius 3 is 2.95 bits per heavy atom. The van der Waals surface area contributed by atoms with Crippen LogP contribution < -0.4 is 16.0 Å². The number of anilines is 1. The molecule has 0 bridgehead atoms. The lowest BCUT2D eigenvalue weighted by molar-refractivity contribution is -0.384. The largest absolute Gasteiger partial charge is 0.487 e. The fraction of sp³-hybridized carbons (Fsp3) is 0.0833. The van der Waals surface area contributed by atoms with E-state index in [0.717, 1.165) is 0 Å². The third-order valence-electron chi connectivity index (χ3n) is 2.40. The predicted molar refractivity (Wildman–Crippen MR) is 69.5 cm³/mol. The second-order valence-corrected chi connectivity index (χ2v) is 3.72. The molecule has 0 saturated heterocycles. The van der Waals surface area contributed by atoms with Gasteiger partial charge in [0.2, 0.25) is 0 Å². The maximum absolute atomic E-state index is 10.6. The minimum absolute atomic E-state index is 0.0113. The fourth-order valence-corrected chi connectivity index (χ4v) is 1.49. The minimum Gasteiger partial charge on any atom is -0.487 e. The molecule has 0 saturated carbocycles. The van der Waals surface area contributed by atoms with Crippen LogP contribution in [0.25, 0.3) is 0 Å². The van der Waals surface area contributed by atoms with Crippen LogP contribution in [0, 0.1) is 10.1 Å². The Hall–Kier alpha value is -2.67. The lowest BCUT2D eigenvalue weighted by atomic mass is 10.3. The van der Waals surface area contributed by atoms with Crippen molar-refractivity contribution in [3.63, 3.8) is 0 Å². The van der Waals surface area contributed by atoms with Crippen molar-refractivity contribution >= 4 is 11.4 Å². The van der Waals surface area contributed by atoms with Crippen LogP contribution in [-0.4, -0.2) is 9.91 Å². The number of non-ortho nitro benzene ring substituents is 1. The molecule has 0 unspecified atom stereocenters. The van der Waals surface area contributed by atoms with Crippen LogP contribution in [0.3, 0.4) is 0 Å². The van der Waals surface area contributed by atoms with E-state index in [-0.39, 0.29) is 12.3 Å². The van der Waals surface area contributed by atoms with Crippen LogP contribution in [0.15, 0.2) is 42.6 Å². The van der Waals surface area contributed by atoms with Crippen LogP contribution in [0.5, 0.6) is 5.75 Å². The summed E-state index contributed by atoms with van der Waals surface area (Å²) < 4.78 is 5.45. The lowest BCUT2D eigenvalue weighted by Crippen LogP contribution is -2.08. The number of hydrogen-bond acceptors (Lipinski definition) is 6. The maximum atomic E-state index is 10.6. The molecule has 0 radical (unpaired) electrons. The third kappa shape index (κ3) is 3.39. The first kappa shape index (κ1) is 12.8. The van der Waals surface area contributed by atoms with Crippen molar-refractivity contribution in [1.82, 2.24) is 4.98 Å². The molecule has 7 nitrogen and oxygen atoms in total. The molecule has 98 valence electrons. The summed E-state index contributed by atoms with van der Waals surface area (Å²) in [4.78, 5) is 14.3. The highest BCUT2D eigenvalue weighted by atomic mass is 16.6. The number of hydrogen-bond donors (Lipinski definition) is 2. The molecule has 2 rings (SSSR count). The number of rotatable bonds is 5. The quantitative estimate of drug-likeness (QED) is 0.483. The number of aromatic nitrogens is 1. The van der Waals surface area contributed by atoms with E-state index in [9.17, 15) is 10.1 Å². The molecule has 0 atom stereocenters. The molecule has 0 aliphatic rings. The average Bonchev–Trinajstić information content (AvgIpc) is 2.45. The van der Waals surface area contributed by atoms with Gasteiger partial charge in [0.1, 0.15) is 12.4 Å². The molecule has 1 aromatic heterocycles. The average molecular weight is 260 g/mol. The van der Waals surface area contributed by atoms with Gasteiger partial charge >= 0.3 is 0 Å². The fourth-order valence-electron chi connectivity index (χ4n) is 1.49. The number of benzene rings is 1. The Morgan fingerprint density at radius 1 is 1.37 bits per heavy atom. The molecule has 0 amide bonds. The minimum atomic E-state index is -0.468. The van der Waals surface area contributed by atoms with Crippen molar-refractivity contribution in [3.05, 3.63) is 58.4 Å². The summed E-state index contributed by atoms with van der Waals surface area (Å²) >= 11 is 0. The second-order valence-electron chi connectivity index (χ2n) is 3.72. The van der Waals surface area contributed by atoms with E-state index in [1.165, 1.54) is 12.1 Å². The molecule has 2 aromatic rings. The summed E-state index contributed by atoms with van der Waals surface area (Å²) in [6.45, 7) is 0.205. The molecular weight excluding hydrogens is 248 g/mol. The molecule has 0 aliphatic heterocycles. The topological polar surface area (TPSA) is 103 Å². The monoisotopic (exact) mass is 260 g/mol. The van der Waals surface area contributed by atoms with Crippen molar-refractivity contribution in [1.29, 1.82) is 0 Å².